The van der Waals surface area contributed by atoms with E-state index in [0.29, 0.717) is 0 Å². The highest BCUT2D eigenvalue weighted by molar-refractivity contribution is 5.68. The molecule has 3 nitrogen and oxygen atoms in total. The molecule has 2 rings (SSSR count). The van der Waals surface area contributed by atoms with Crippen LogP contribution in [-0.2, 0) is 4.74 Å². The van der Waals surface area contributed by atoms with Gasteiger partial charge in [-0.1, -0.05) is 27.7 Å². The van der Waals surface area contributed by atoms with Gasteiger partial charge < -0.3 is 9.64 Å². The molecule has 1 saturated carbocycles. The summed E-state index contributed by atoms with van der Waals surface area (Å²) in [4.78, 5) is 13.4. The van der Waals surface area contributed by atoms with E-state index < -0.39 is 0 Å². The van der Waals surface area contributed by atoms with Crippen molar-refractivity contribution < 1.29 is 9.53 Å². The van der Waals surface area contributed by atoms with E-state index in [-0.39, 0.29) is 11.7 Å². The Hall–Kier alpha value is -0.730. The second-order valence-electron chi connectivity index (χ2n) is 5.14. The van der Waals surface area contributed by atoms with Gasteiger partial charge in [0.25, 0.3) is 0 Å². The van der Waals surface area contributed by atoms with Crippen molar-refractivity contribution in [1.29, 1.82) is 0 Å². The Labute approximate surface area is 107 Å². The molecule has 2 atom stereocenters. The molecular weight excluding hydrogens is 214 g/mol. The molecule has 1 amide bonds. The number of carbonyl (C=O) groups is 1. The van der Waals surface area contributed by atoms with Crippen molar-refractivity contribution in [2.45, 2.75) is 60.5 Å². The SMILES string of the molecule is CC.CC.CC(C)(C)OC(=O)N1CC2CC2C1. The highest BCUT2D eigenvalue weighted by Gasteiger charge is 2.47. The van der Waals surface area contributed by atoms with E-state index in [0.717, 1.165) is 24.9 Å². The average Bonchev–Trinajstić information content (AvgIpc) is 2.89. The molecule has 2 unspecified atom stereocenters. The molecule has 0 aromatic rings. The smallest absolute Gasteiger partial charge is 0.410 e. The largest absolute Gasteiger partial charge is 0.444 e. The molecule has 0 N–H and O–H groups in total. The van der Waals surface area contributed by atoms with Crippen molar-refractivity contribution in [3.8, 4) is 0 Å². The molecule has 0 spiro atoms. The standard InChI is InChI=1S/C10H17NO2.2C2H6/c1-10(2,3)13-9(12)11-5-7-4-8(7)6-11;2*1-2/h7-8H,4-6H2,1-3H3;2*1-2H3. The topological polar surface area (TPSA) is 29.5 Å². The molecule has 102 valence electrons. The summed E-state index contributed by atoms with van der Waals surface area (Å²) < 4.78 is 5.28. The number of nitrogens with zero attached hydrogens (tertiary/aromatic N) is 1. The molecule has 0 bridgehead atoms. The maximum atomic E-state index is 11.5. The lowest BCUT2D eigenvalue weighted by atomic mass is 10.2. The molecule has 0 radical (unpaired) electrons. The number of carbonyl (C=O) groups excluding carboxylic acids is 1. The van der Waals surface area contributed by atoms with Gasteiger partial charge in [0.1, 0.15) is 5.60 Å². The zero-order chi connectivity index (χ0) is 13.6. The lowest BCUT2D eigenvalue weighted by Gasteiger charge is -2.25. The molecule has 2 fully saturated rings. The van der Waals surface area contributed by atoms with Gasteiger partial charge in [-0.05, 0) is 39.0 Å². The Morgan fingerprint density at radius 1 is 1.06 bits per heavy atom. The number of ether oxygens (including phenoxy) is 1. The zero-order valence-electron chi connectivity index (χ0n) is 12.5. The van der Waals surface area contributed by atoms with Crippen molar-refractivity contribution >= 4 is 6.09 Å². The predicted octanol–water partition coefficient (Wildman–Crippen LogP) is 3.93. The predicted molar refractivity (Wildman–Crippen MR) is 72.1 cm³/mol. The Kier molecular flexibility index (Phi) is 6.58. The van der Waals surface area contributed by atoms with Crippen LogP contribution in [0.15, 0.2) is 0 Å². The first kappa shape index (κ1) is 16.3. The maximum absolute atomic E-state index is 11.5. The first-order chi connectivity index (χ1) is 7.96. The van der Waals surface area contributed by atoms with Crippen molar-refractivity contribution in [2.75, 3.05) is 13.1 Å². The van der Waals surface area contributed by atoms with Gasteiger partial charge in [0.15, 0.2) is 0 Å². The monoisotopic (exact) mass is 243 g/mol. The van der Waals surface area contributed by atoms with Crippen LogP contribution < -0.4 is 0 Å². The summed E-state index contributed by atoms with van der Waals surface area (Å²) >= 11 is 0. The summed E-state index contributed by atoms with van der Waals surface area (Å²) in [6.45, 7) is 15.5. The molecule has 0 aromatic heterocycles. The van der Waals surface area contributed by atoms with Gasteiger partial charge in [0.05, 0.1) is 0 Å². The molecule has 1 heterocycles. The fourth-order valence-corrected chi connectivity index (χ4v) is 1.87. The van der Waals surface area contributed by atoms with Crippen LogP contribution in [0.1, 0.15) is 54.9 Å². The number of hydrogen-bond donors (Lipinski definition) is 0. The third-order valence-electron chi connectivity index (χ3n) is 2.63. The van der Waals surface area contributed by atoms with Crippen molar-refractivity contribution in [3.63, 3.8) is 0 Å². The lowest BCUT2D eigenvalue weighted by molar-refractivity contribution is 0.0274. The van der Waals surface area contributed by atoms with E-state index in [1.54, 1.807) is 0 Å². The third-order valence-corrected chi connectivity index (χ3v) is 2.63. The zero-order valence-corrected chi connectivity index (χ0v) is 12.5. The van der Waals surface area contributed by atoms with Gasteiger partial charge in [-0.2, -0.15) is 0 Å². The fraction of sp³-hybridized carbons (Fsp3) is 0.929. The van der Waals surface area contributed by atoms with Crippen LogP contribution in [0, 0.1) is 11.8 Å². The summed E-state index contributed by atoms with van der Waals surface area (Å²) in [5, 5.41) is 0. The highest BCUT2D eigenvalue weighted by Crippen LogP contribution is 2.45. The average molecular weight is 243 g/mol. The number of amides is 1. The normalized spacial score (nSPS) is 24.8. The minimum absolute atomic E-state index is 0.139. The molecular formula is C14H29NO2. The Bertz CT molecular complexity index is 223. The molecule has 2 aliphatic rings. The Morgan fingerprint density at radius 3 is 1.82 bits per heavy atom. The minimum atomic E-state index is -0.357. The molecule has 1 aliphatic heterocycles. The number of hydrogen-bond acceptors (Lipinski definition) is 2. The van der Waals surface area contributed by atoms with Crippen LogP contribution in [0.4, 0.5) is 4.79 Å². The molecule has 0 aromatic carbocycles. The van der Waals surface area contributed by atoms with Gasteiger partial charge in [0, 0.05) is 13.1 Å². The van der Waals surface area contributed by atoms with Gasteiger partial charge in [0.2, 0.25) is 0 Å². The van der Waals surface area contributed by atoms with E-state index in [9.17, 15) is 4.79 Å². The first-order valence-corrected chi connectivity index (χ1v) is 6.93. The summed E-state index contributed by atoms with van der Waals surface area (Å²) in [7, 11) is 0. The number of piperidine rings is 1. The van der Waals surface area contributed by atoms with E-state index in [2.05, 4.69) is 0 Å². The van der Waals surface area contributed by atoms with Crippen LogP contribution in [0.5, 0.6) is 0 Å². The van der Waals surface area contributed by atoms with Gasteiger partial charge in [-0.25, -0.2) is 4.79 Å². The van der Waals surface area contributed by atoms with Crippen molar-refractivity contribution in [1.82, 2.24) is 4.90 Å². The second kappa shape index (κ2) is 6.87. The second-order valence-corrected chi connectivity index (χ2v) is 5.14. The van der Waals surface area contributed by atoms with Gasteiger partial charge in [-0.15, -0.1) is 0 Å². The number of likely N-dealkylation sites (tertiary alicyclic amines) is 1. The number of rotatable bonds is 0. The van der Waals surface area contributed by atoms with E-state index >= 15 is 0 Å². The summed E-state index contributed by atoms with van der Waals surface area (Å²) in [6.07, 6.45) is 1.18. The van der Waals surface area contributed by atoms with Gasteiger partial charge in [-0.3, -0.25) is 0 Å². The number of fused-ring (bicyclic) bond motifs is 1. The quantitative estimate of drug-likeness (QED) is 0.645. The van der Waals surface area contributed by atoms with Crippen LogP contribution in [0.3, 0.4) is 0 Å². The van der Waals surface area contributed by atoms with Crippen LogP contribution in [-0.4, -0.2) is 29.7 Å². The molecule has 17 heavy (non-hydrogen) atoms. The Morgan fingerprint density at radius 2 is 1.47 bits per heavy atom. The van der Waals surface area contributed by atoms with Crippen LogP contribution >= 0.6 is 0 Å². The van der Waals surface area contributed by atoms with Crippen LogP contribution in [0.2, 0.25) is 0 Å². The van der Waals surface area contributed by atoms with Crippen LogP contribution in [0.25, 0.3) is 0 Å². The molecule has 3 heteroatoms. The summed E-state index contributed by atoms with van der Waals surface area (Å²) in [5.74, 6) is 1.57. The van der Waals surface area contributed by atoms with E-state index in [1.807, 2.05) is 53.4 Å². The third kappa shape index (κ3) is 5.42. The maximum Gasteiger partial charge on any atom is 0.410 e. The summed E-state index contributed by atoms with van der Waals surface area (Å²) in [5.41, 5.74) is -0.357. The lowest BCUT2D eigenvalue weighted by Crippen LogP contribution is -2.36. The van der Waals surface area contributed by atoms with Crippen molar-refractivity contribution in [2.24, 2.45) is 11.8 Å². The molecule has 1 saturated heterocycles. The van der Waals surface area contributed by atoms with Crippen molar-refractivity contribution in [3.05, 3.63) is 0 Å². The highest BCUT2D eigenvalue weighted by atomic mass is 16.6. The summed E-state index contributed by atoms with van der Waals surface area (Å²) in [6, 6.07) is 0. The first-order valence-electron chi connectivity index (χ1n) is 6.93. The van der Waals surface area contributed by atoms with E-state index in [1.165, 1.54) is 6.42 Å². The minimum Gasteiger partial charge on any atom is -0.444 e. The fourth-order valence-electron chi connectivity index (χ4n) is 1.87. The van der Waals surface area contributed by atoms with Gasteiger partial charge >= 0.3 is 6.09 Å². The Balaban J connectivity index is 0.000000581. The van der Waals surface area contributed by atoms with E-state index in [4.69, 9.17) is 4.74 Å². The molecule has 1 aliphatic carbocycles.